The number of carbonyl (C=O) groups is 1. The number of hydrogen-bond donors (Lipinski definition) is 0. The summed E-state index contributed by atoms with van der Waals surface area (Å²) in [5.41, 5.74) is 0.983. The molecule has 0 aliphatic rings. The maximum absolute atomic E-state index is 11.6. The van der Waals surface area contributed by atoms with Gasteiger partial charge in [-0.25, -0.2) is 4.68 Å². The largest absolute Gasteiger partial charge is 0.379 e. The fourth-order valence-corrected chi connectivity index (χ4v) is 2.56. The molecule has 0 amide bonds. The summed E-state index contributed by atoms with van der Waals surface area (Å²) in [6.07, 6.45) is 4.36. The predicted molar refractivity (Wildman–Crippen MR) is 115 cm³/mol. The van der Waals surface area contributed by atoms with Crippen molar-refractivity contribution in [1.29, 1.82) is 0 Å². The zero-order chi connectivity index (χ0) is 21.5. The first kappa shape index (κ1) is 26.0. The lowest BCUT2D eigenvalue weighted by Crippen LogP contribution is -2.16. The van der Waals surface area contributed by atoms with Gasteiger partial charge in [0.25, 0.3) is 0 Å². The van der Waals surface area contributed by atoms with Crippen LogP contribution < -0.4 is 0 Å². The van der Waals surface area contributed by atoms with Gasteiger partial charge in [-0.2, -0.15) is 11.8 Å². The van der Waals surface area contributed by atoms with Gasteiger partial charge in [0.2, 0.25) is 0 Å². The summed E-state index contributed by atoms with van der Waals surface area (Å²) in [7, 11) is 0. The van der Waals surface area contributed by atoms with Crippen molar-refractivity contribution in [2.24, 2.45) is 0 Å². The fourth-order valence-electron chi connectivity index (χ4n) is 2.18. The average molecular weight is 432 g/mol. The van der Waals surface area contributed by atoms with Crippen LogP contribution in [0.2, 0.25) is 0 Å². The fraction of sp³-hybridized carbons (Fsp3) is 0.850. The highest BCUT2D eigenvalue weighted by molar-refractivity contribution is 7.99. The molecular formula is C20H37N3O5S. The zero-order valence-corrected chi connectivity index (χ0v) is 19.3. The lowest BCUT2D eigenvalue weighted by atomic mass is 9.93. The second kappa shape index (κ2) is 14.9. The SMILES string of the molecule is CSC(C)C(=O)CCOCCOCCOCCOCCn1cc(C(C)(C)C)nn1. The molecule has 1 heterocycles. The Bertz CT molecular complexity index is 563. The second-order valence-electron chi connectivity index (χ2n) is 7.66. The molecule has 1 unspecified atom stereocenters. The number of Topliss-reactive ketones (excluding diaryl/α,β-unsaturated/α-hetero) is 1. The molecular weight excluding hydrogens is 394 g/mol. The minimum atomic E-state index is 0.00671. The Morgan fingerprint density at radius 1 is 1.00 bits per heavy atom. The summed E-state index contributed by atoms with van der Waals surface area (Å²) in [6, 6.07) is 0. The molecule has 0 saturated carbocycles. The predicted octanol–water partition coefficient (Wildman–Crippen LogP) is 2.35. The highest BCUT2D eigenvalue weighted by Crippen LogP contribution is 2.18. The quantitative estimate of drug-likeness (QED) is 0.348. The van der Waals surface area contributed by atoms with Gasteiger partial charge in [-0.1, -0.05) is 26.0 Å². The lowest BCUT2D eigenvalue weighted by Gasteiger charge is -2.12. The van der Waals surface area contributed by atoms with Crippen molar-refractivity contribution in [3.05, 3.63) is 11.9 Å². The number of ketones is 1. The first-order valence-corrected chi connectivity index (χ1v) is 11.4. The normalized spacial score (nSPS) is 13.0. The minimum Gasteiger partial charge on any atom is -0.379 e. The van der Waals surface area contributed by atoms with Crippen molar-refractivity contribution in [1.82, 2.24) is 15.0 Å². The maximum atomic E-state index is 11.6. The van der Waals surface area contributed by atoms with E-state index in [1.54, 1.807) is 16.4 Å². The van der Waals surface area contributed by atoms with Crippen molar-refractivity contribution in [3.63, 3.8) is 0 Å². The van der Waals surface area contributed by atoms with E-state index in [0.29, 0.717) is 65.8 Å². The van der Waals surface area contributed by atoms with Gasteiger partial charge in [-0.3, -0.25) is 4.79 Å². The van der Waals surface area contributed by atoms with E-state index in [9.17, 15) is 4.79 Å². The third kappa shape index (κ3) is 12.3. The number of carbonyl (C=O) groups excluding carboxylic acids is 1. The Hall–Kier alpha value is -1.00. The van der Waals surface area contributed by atoms with Gasteiger partial charge in [-0.15, -0.1) is 5.10 Å². The van der Waals surface area contributed by atoms with Gasteiger partial charge in [0.15, 0.2) is 0 Å². The highest BCUT2D eigenvalue weighted by atomic mass is 32.2. The van der Waals surface area contributed by atoms with Crippen LogP contribution in [-0.2, 0) is 35.7 Å². The monoisotopic (exact) mass is 431 g/mol. The van der Waals surface area contributed by atoms with E-state index in [0.717, 1.165) is 5.69 Å². The van der Waals surface area contributed by atoms with Gasteiger partial charge in [0, 0.05) is 18.0 Å². The molecule has 0 fully saturated rings. The Kier molecular flexibility index (Phi) is 13.4. The number of ether oxygens (including phenoxy) is 4. The van der Waals surface area contributed by atoms with Gasteiger partial charge in [0.1, 0.15) is 5.78 Å². The smallest absolute Gasteiger partial charge is 0.147 e. The molecule has 0 radical (unpaired) electrons. The number of hydrogen-bond acceptors (Lipinski definition) is 8. The summed E-state index contributed by atoms with van der Waals surface area (Å²) >= 11 is 1.56. The Labute approximate surface area is 179 Å². The van der Waals surface area contributed by atoms with Crippen LogP contribution >= 0.6 is 11.8 Å². The molecule has 0 spiro atoms. The van der Waals surface area contributed by atoms with Crippen LogP contribution in [0.1, 0.15) is 39.8 Å². The molecule has 1 aromatic heterocycles. The molecule has 9 heteroatoms. The zero-order valence-electron chi connectivity index (χ0n) is 18.5. The average Bonchev–Trinajstić information content (AvgIpc) is 3.16. The van der Waals surface area contributed by atoms with Gasteiger partial charge >= 0.3 is 0 Å². The molecule has 168 valence electrons. The molecule has 0 aromatic carbocycles. The first-order valence-electron chi connectivity index (χ1n) is 10.1. The molecule has 8 nitrogen and oxygen atoms in total. The summed E-state index contributed by atoms with van der Waals surface area (Å²) in [5.74, 6) is 0.227. The van der Waals surface area contributed by atoms with Crippen molar-refractivity contribution in [2.45, 2.75) is 51.3 Å². The Morgan fingerprint density at radius 2 is 1.52 bits per heavy atom. The molecule has 29 heavy (non-hydrogen) atoms. The van der Waals surface area contributed by atoms with Crippen LogP contribution in [-0.4, -0.2) is 85.1 Å². The molecule has 0 aliphatic carbocycles. The van der Waals surface area contributed by atoms with Crippen LogP contribution in [0.15, 0.2) is 6.20 Å². The van der Waals surface area contributed by atoms with Crippen molar-refractivity contribution < 1.29 is 23.7 Å². The second-order valence-corrected chi connectivity index (χ2v) is 8.84. The van der Waals surface area contributed by atoms with Gasteiger partial charge in [-0.05, 0) is 13.2 Å². The first-order chi connectivity index (χ1) is 13.8. The summed E-state index contributed by atoms with van der Waals surface area (Å²) < 4.78 is 23.6. The number of rotatable bonds is 17. The summed E-state index contributed by atoms with van der Waals surface area (Å²) in [5, 5.41) is 8.33. The standard InChI is InChI=1S/C20H37N3O5S/c1-17(29-5)18(24)6-8-25-10-12-27-14-15-28-13-11-26-9-7-23-16-19(21-22-23)20(2,3)4/h16-17H,6-15H2,1-5H3. The molecule has 0 aliphatic heterocycles. The maximum Gasteiger partial charge on any atom is 0.147 e. The van der Waals surface area contributed by atoms with E-state index in [-0.39, 0.29) is 16.4 Å². The van der Waals surface area contributed by atoms with E-state index < -0.39 is 0 Å². The number of nitrogens with zero attached hydrogens (tertiary/aromatic N) is 3. The van der Waals surface area contributed by atoms with E-state index in [1.165, 1.54) is 0 Å². The highest BCUT2D eigenvalue weighted by Gasteiger charge is 2.17. The Balaban J connectivity index is 1.85. The number of thioether (sulfide) groups is 1. The van der Waals surface area contributed by atoms with E-state index in [4.69, 9.17) is 18.9 Å². The minimum absolute atomic E-state index is 0.00671. The van der Waals surface area contributed by atoms with Crippen LogP contribution in [0, 0.1) is 0 Å². The van der Waals surface area contributed by atoms with E-state index in [1.807, 2.05) is 19.4 Å². The topological polar surface area (TPSA) is 84.7 Å². The molecule has 1 aromatic rings. The molecule has 0 bridgehead atoms. The van der Waals surface area contributed by atoms with Crippen molar-refractivity contribution in [2.75, 3.05) is 59.1 Å². The third-order valence-corrected chi connectivity index (χ3v) is 5.16. The van der Waals surface area contributed by atoms with Crippen LogP contribution in [0.3, 0.4) is 0 Å². The van der Waals surface area contributed by atoms with Crippen LogP contribution in [0.5, 0.6) is 0 Å². The summed E-state index contributed by atoms with van der Waals surface area (Å²) in [6.45, 7) is 13.0. The number of aromatic nitrogens is 3. The van der Waals surface area contributed by atoms with E-state index in [2.05, 4.69) is 31.1 Å². The molecule has 1 rings (SSSR count). The Morgan fingerprint density at radius 3 is 2.00 bits per heavy atom. The summed E-state index contributed by atoms with van der Waals surface area (Å²) in [4.78, 5) is 11.6. The van der Waals surface area contributed by atoms with Crippen LogP contribution in [0.25, 0.3) is 0 Å². The molecule has 1 atom stereocenters. The van der Waals surface area contributed by atoms with E-state index >= 15 is 0 Å². The molecule has 0 saturated heterocycles. The van der Waals surface area contributed by atoms with Gasteiger partial charge < -0.3 is 18.9 Å². The lowest BCUT2D eigenvalue weighted by molar-refractivity contribution is -0.119. The van der Waals surface area contributed by atoms with Gasteiger partial charge in [0.05, 0.1) is 70.3 Å². The molecule has 0 N–H and O–H groups in total. The third-order valence-electron chi connectivity index (χ3n) is 4.19. The van der Waals surface area contributed by atoms with Crippen LogP contribution in [0.4, 0.5) is 0 Å². The van der Waals surface area contributed by atoms with Crippen molar-refractivity contribution in [3.8, 4) is 0 Å². The van der Waals surface area contributed by atoms with Crippen molar-refractivity contribution >= 4 is 17.5 Å².